The molecule has 5 rings (SSSR count). The Morgan fingerprint density at radius 1 is 1.00 bits per heavy atom. The number of fused-ring (bicyclic) bond motifs is 2. The Bertz CT molecular complexity index is 1080. The molecular weight excluding hydrogens is 416 g/mol. The van der Waals surface area contributed by atoms with E-state index in [1.165, 1.54) is 4.90 Å². The van der Waals surface area contributed by atoms with Gasteiger partial charge in [0.2, 0.25) is 4.96 Å². The van der Waals surface area contributed by atoms with Gasteiger partial charge in [0, 0.05) is 11.3 Å². The second-order valence-electron chi connectivity index (χ2n) is 6.06. The average molecular weight is 433 g/mol. The molecule has 3 heterocycles. The lowest BCUT2D eigenvalue weighted by molar-refractivity contribution is 0.171. The summed E-state index contributed by atoms with van der Waals surface area (Å²) in [7, 11) is 0. The van der Waals surface area contributed by atoms with Crippen LogP contribution in [0.4, 0.5) is 0 Å². The first-order valence-corrected chi connectivity index (χ1v) is 10.4. The maximum atomic E-state index is 5.67. The lowest BCUT2D eigenvalue weighted by Gasteiger charge is -2.18. The van der Waals surface area contributed by atoms with Crippen molar-refractivity contribution < 1.29 is 9.47 Å². The molecule has 0 spiro atoms. The van der Waals surface area contributed by atoms with E-state index in [4.69, 9.17) is 14.6 Å². The lowest BCUT2D eigenvalue weighted by atomic mass is 10.1. The van der Waals surface area contributed by atoms with Crippen molar-refractivity contribution in [1.29, 1.82) is 0 Å². The number of thioether (sulfide) groups is 1. The van der Waals surface area contributed by atoms with E-state index < -0.39 is 0 Å². The standard InChI is InChI=1S/C19H16N4O2S2.ClH/c1-2-4-14(5-3-1)26-12-17-20-21-19-23(17)22-18(27-19)11-13-6-7-15-16(10-13)25-9-8-24-15;/h1-7,10H,8-9,11-12H2;1H. The predicted molar refractivity (Wildman–Crippen MR) is 112 cm³/mol. The minimum atomic E-state index is 0. The molecule has 6 nitrogen and oxygen atoms in total. The van der Waals surface area contributed by atoms with E-state index in [0.717, 1.165) is 45.0 Å². The molecule has 0 saturated carbocycles. The van der Waals surface area contributed by atoms with E-state index in [9.17, 15) is 0 Å². The Morgan fingerprint density at radius 3 is 2.68 bits per heavy atom. The number of halogens is 1. The van der Waals surface area contributed by atoms with Crippen LogP contribution in [0.5, 0.6) is 11.5 Å². The molecule has 0 amide bonds. The molecule has 0 bridgehead atoms. The summed E-state index contributed by atoms with van der Waals surface area (Å²) < 4.78 is 13.1. The van der Waals surface area contributed by atoms with Gasteiger partial charge in [0.15, 0.2) is 17.3 Å². The summed E-state index contributed by atoms with van der Waals surface area (Å²) in [5.41, 5.74) is 1.14. The highest BCUT2D eigenvalue weighted by Gasteiger charge is 2.15. The number of ether oxygens (including phenoxy) is 2. The summed E-state index contributed by atoms with van der Waals surface area (Å²) in [6.07, 6.45) is 0.732. The molecule has 0 radical (unpaired) electrons. The molecule has 144 valence electrons. The number of hydrogen-bond donors (Lipinski definition) is 0. The van der Waals surface area contributed by atoms with Crippen LogP contribution in [0.1, 0.15) is 16.4 Å². The summed E-state index contributed by atoms with van der Waals surface area (Å²) in [6.45, 7) is 1.20. The van der Waals surface area contributed by atoms with Crippen molar-refractivity contribution in [3.8, 4) is 11.5 Å². The SMILES string of the molecule is Cl.c1ccc(SCc2nnc3sc(Cc4ccc5c(c4)OCCO5)nn23)cc1. The Kier molecular flexibility index (Phi) is 5.70. The second-order valence-corrected chi connectivity index (χ2v) is 8.15. The van der Waals surface area contributed by atoms with Gasteiger partial charge >= 0.3 is 0 Å². The zero-order valence-corrected chi connectivity index (χ0v) is 17.2. The first-order valence-electron chi connectivity index (χ1n) is 8.61. The molecular formula is C19H17ClN4O2S2. The molecule has 1 aliphatic heterocycles. The van der Waals surface area contributed by atoms with E-state index in [1.54, 1.807) is 23.1 Å². The van der Waals surface area contributed by atoms with Crippen molar-refractivity contribution >= 4 is 40.5 Å². The third-order valence-corrected chi connectivity index (χ3v) is 6.08. The van der Waals surface area contributed by atoms with E-state index in [2.05, 4.69) is 28.4 Å². The molecule has 1 aliphatic rings. The summed E-state index contributed by atoms with van der Waals surface area (Å²) in [5.74, 6) is 3.21. The number of nitrogens with zero attached hydrogens (tertiary/aromatic N) is 4. The van der Waals surface area contributed by atoms with E-state index >= 15 is 0 Å². The predicted octanol–water partition coefficient (Wildman–Crippen LogP) is 4.26. The molecule has 4 aromatic rings. The molecule has 2 aromatic carbocycles. The van der Waals surface area contributed by atoms with Gasteiger partial charge < -0.3 is 9.47 Å². The van der Waals surface area contributed by atoms with Crippen molar-refractivity contribution in [2.45, 2.75) is 17.1 Å². The first kappa shape index (κ1) is 19.0. The van der Waals surface area contributed by atoms with Crippen molar-refractivity contribution in [2.24, 2.45) is 0 Å². The van der Waals surface area contributed by atoms with Gasteiger partial charge in [-0.1, -0.05) is 35.6 Å². The Hall–Kier alpha value is -2.29. The largest absolute Gasteiger partial charge is 0.486 e. The average Bonchev–Trinajstić information content (AvgIpc) is 3.27. The van der Waals surface area contributed by atoms with Crippen molar-refractivity contribution in [1.82, 2.24) is 19.8 Å². The summed E-state index contributed by atoms with van der Waals surface area (Å²) in [6, 6.07) is 16.3. The van der Waals surface area contributed by atoms with Crippen LogP contribution in [-0.2, 0) is 12.2 Å². The molecule has 0 N–H and O–H groups in total. The minimum absolute atomic E-state index is 0. The highest BCUT2D eigenvalue weighted by molar-refractivity contribution is 7.98. The van der Waals surface area contributed by atoms with Gasteiger partial charge in [-0.15, -0.1) is 34.4 Å². The third kappa shape index (κ3) is 3.94. The Morgan fingerprint density at radius 2 is 1.82 bits per heavy atom. The zero-order valence-electron chi connectivity index (χ0n) is 14.8. The topological polar surface area (TPSA) is 61.5 Å². The fourth-order valence-corrected chi connectivity index (χ4v) is 4.61. The lowest BCUT2D eigenvalue weighted by Crippen LogP contribution is -2.15. The summed E-state index contributed by atoms with van der Waals surface area (Å²) in [4.78, 5) is 2.03. The number of aromatic nitrogens is 4. The van der Waals surface area contributed by atoms with Gasteiger partial charge in [0.1, 0.15) is 18.2 Å². The van der Waals surface area contributed by atoms with E-state index in [0.29, 0.717) is 13.2 Å². The first-order chi connectivity index (χ1) is 13.3. The molecule has 0 fully saturated rings. The fraction of sp³-hybridized carbons (Fsp3) is 0.211. The van der Waals surface area contributed by atoms with Gasteiger partial charge in [0.25, 0.3) is 0 Å². The van der Waals surface area contributed by atoms with Gasteiger partial charge in [-0.05, 0) is 29.8 Å². The third-order valence-electron chi connectivity index (χ3n) is 4.17. The molecule has 9 heteroatoms. The molecule has 2 aromatic heterocycles. The smallest absolute Gasteiger partial charge is 0.234 e. The van der Waals surface area contributed by atoms with Gasteiger partial charge in [0.05, 0.1) is 5.75 Å². The summed E-state index contributed by atoms with van der Waals surface area (Å²) >= 11 is 3.30. The number of hydrogen-bond acceptors (Lipinski definition) is 7. The fourth-order valence-electron chi connectivity index (χ4n) is 2.90. The Labute approximate surface area is 176 Å². The van der Waals surface area contributed by atoms with Gasteiger partial charge in [-0.25, -0.2) is 0 Å². The minimum Gasteiger partial charge on any atom is -0.486 e. The van der Waals surface area contributed by atoms with E-state index in [-0.39, 0.29) is 12.4 Å². The number of benzene rings is 2. The van der Waals surface area contributed by atoms with Crippen LogP contribution in [0.3, 0.4) is 0 Å². The van der Waals surface area contributed by atoms with Crippen LogP contribution in [-0.4, -0.2) is 33.0 Å². The van der Waals surface area contributed by atoms with Crippen molar-refractivity contribution in [2.75, 3.05) is 13.2 Å². The molecule has 0 saturated heterocycles. The van der Waals surface area contributed by atoms with Gasteiger partial charge in [-0.2, -0.15) is 9.61 Å². The molecule has 0 aliphatic carbocycles. The zero-order chi connectivity index (χ0) is 18.1. The van der Waals surface area contributed by atoms with E-state index in [1.807, 2.05) is 34.8 Å². The Balaban J connectivity index is 0.00000192. The number of rotatable bonds is 5. The summed E-state index contributed by atoms with van der Waals surface area (Å²) in [5, 5.41) is 14.3. The maximum Gasteiger partial charge on any atom is 0.234 e. The quantitative estimate of drug-likeness (QED) is 0.439. The van der Waals surface area contributed by atoms with Crippen molar-refractivity contribution in [3.05, 3.63) is 64.9 Å². The van der Waals surface area contributed by atoms with Crippen LogP contribution >= 0.6 is 35.5 Å². The maximum absolute atomic E-state index is 5.67. The highest BCUT2D eigenvalue weighted by atomic mass is 35.5. The highest BCUT2D eigenvalue weighted by Crippen LogP contribution is 2.32. The molecule has 0 unspecified atom stereocenters. The second kappa shape index (κ2) is 8.38. The molecule has 0 atom stereocenters. The molecule has 28 heavy (non-hydrogen) atoms. The van der Waals surface area contributed by atoms with Crippen LogP contribution in [0.25, 0.3) is 4.96 Å². The monoisotopic (exact) mass is 432 g/mol. The van der Waals surface area contributed by atoms with Crippen LogP contribution in [0.2, 0.25) is 0 Å². The van der Waals surface area contributed by atoms with Crippen LogP contribution < -0.4 is 9.47 Å². The van der Waals surface area contributed by atoms with Crippen molar-refractivity contribution in [3.63, 3.8) is 0 Å². The van der Waals surface area contributed by atoms with Crippen LogP contribution in [0, 0.1) is 0 Å². The normalized spacial score (nSPS) is 12.7. The van der Waals surface area contributed by atoms with Gasteiger partial charge in [-0.3, -0.25) is 0 Å². The van der Waals surface area contributed by atoms with Crippen LogP contribution in [0.15, 0.2) is 53.4 Å².